The summed E-state index contributed by atoms with van der Waals surface area (Å²) >= 11 is 0. The highest BCUT2D eigenvalue weighted by Crippen LogP contribution is 2.68. The molecule has 0 radical (unpaired) electrons. The molecule has 2 heterocycles. The lowest BCUT2D eigenvalue weighted by Crippen LogP contribution is -2.32. The van der Waals surface area contributed by atoms with Gasteiger partial charge in [0.1, 0.15) is 0 Å². The van der Waals surface area contributed by atoms with Gasteiger partial charge in [-0.2, -0.15) is 0 Å². The summed E-state index contributed by atoms with van der Waals surface area (Å²) in [5, 5.41) is 0. The van der Waals surface area contributed by atoms with E-state index in [2.05, 4.69) is 0 Å². The first-order valence-corrected chi connectivity index (χ1v) is 5.01. The van der Waals surface area contributed by atoms with Gasteiger partial charge in [-0.05, 0) is 26.3 Å². The molecule has 2 rings (SSSR count). The molecule has 4 N–H and O–H groups in total. The zero-order valence-corrected chi connectivity index (χ0v) is 8.08. The topological polar surface area (TPSA) is 77.1 Å². The highest BCUT2D eigenvalue weighted by Gasteiger charge is 2.90. The number of fused-ring (bicyclic) bond motifs is 1. The van der Waals surface area contributed by atoms with Crippen LogP contribution in [0.2, 0.25) is 0 Å². The molecule has 2 saturated heterocycles. The molecular formula is C9H18N2O2. The van der Waals surface area contributed by atoms with Gasteiger partial charge in [0.05, 0.1) is 6.04 Å². The van der Waals surface area contributed by atoms with Gasteiger partial charge in [-0.25, -0.2) is 0 Å². The summed E-state index contributed by atoms with van der Waals surface area (Å²) in [6, 6.07) is 0.0373. The zero-order valence-electron chi connectivity index (χ0n) is 8.08. The van der Waals surface area contributed by atoms with Gasteiger partial charge in [0.15, 0.2) is 0 Å². The molecule has 4 heteroatoms. The van der Waals surface area contributed by atoms with E-state index in [4.69, 9.17) is 20.9 Å². The monoisotopic (exact) mass is 186 g/mol. The fourth-order valence-corrected chi connectivity index (χ4v) is 1.90. The molecule has 0 aromatic carbocycles. The van der Waals surface area contributed by atoms with Gasteiger partial charge in [0.2, 0.25) is 11.6 Å². The van der Waals surface area contributed by atoms with Crippen LogP contribution in [-0.4, -0.2) is 24.2 Å². The van der Waals surface area contributed by atoms with E-state index in [1.54, 1.807) is 0 Å². The first-order valence-electron chi connectivity index (χ1n) is 5.01. The van der Waals surface area contributed by atoms with E-state index in [0.29, 0.717) is 0 Å². The lowest BCUT2D eigenvalue weighted by molar-refractivity contribution is -0.0983. The number of epoxide rings is 2. The van der Waals surface area contributed by atoms with Crippen molar-refractivity contribution in [1.29, 1.82) is 0 Å². The highest BCUT2D eigenvalue weighted by atomic mass is 17.0. The van der Waals surface area contributed by atoms with E-state index in [1.807, 2.05) is 6.92 Å². The summed E-state index contributed by atoms with van der Waals surface area (Å²) in [6.07, 6.45) is 4.31. The second-order valence-corrected chi connectivity index (χ2v) is 4.06. The van der Waals surface area contributed by atoms with Gasteiger partial charge in [-0.1, -0.05) is 12.8 Å². The van der Waals surface area contributed by atoms with Crippen molar-refractivity contribution < 1.29 is 9.47 Å². The highest BCUT2D eigenvalue weighted by molar-refractivity contribution is 5.20. The molecule has 4 nitrogen and oxygen atoms in total. The smallest absolute Gasteiger partial charge is 0.244 e. The SMILES string of the molecule is CC12OC1(C(N)CCCCCN)O2. The molecule has 76 valence electrons. The van der Waals surface area contributed by atoms with E-state index in [0.717, 1.165) is 32.2 Å². The van der Waals surface area contributed by atoms with E-state index in [1.165, 1.54) is 0 Å². The summed E-state index contributed by atoms with van der Waals surface area (Å²) in [7, 11) is 0. The number of rotatable bonds is 6. The summed E-state index contributed by atoms with van der Waals surface area (Å²) in [5.41, 5.74) is 11.3. The average molecular weight is 186 g/mol. The summed E-state index contributed by atoms with van der Waals surface area (Å²) in [5.74, 6) is -0.712. The molecule has 13 heavy (non-hydrogen) atoms. The normalized spacial score (nSPS) is 42.7. The maximum absolute atomic E-state index is 5.94. The van der Waals surface area contributed by atoms with Crippen LogP contribution in [0.5, 0.6) is 0 Å². The number of hydrogen-bond donors (Lipinski definition) is 2. The first-order chi connectivity index (χ1) is 6.15. The quantitative estimate of drug-likeness (QED) is 0.462. The molecule has 0 aliphatic carbocycles. The van der Waals surface area contributed by atoms with E-state index in [9.17, 15) is 0 Å². The minimum Gasteiger partial charge on any atom is -0.330 e. The van der Waals surface area contributed by atoms with Gasteiger partial charge in [0.25, 0.3) is 0 Å². The van der Waals surface area contributed by atoms with Crippen molar-refractivity contribution in [2.24, 2.45) is 11.5 Å². The fraction of sp³-hybridized carbons (Fsp3) is 1.00. The predicted molar refractivity (Wildman–Crippen MR) is 48.8 cm³/mol. The summed E-state index contributed by atoms with van der Waals surface area (Å²) < 4.78 is 10.7. The van der Waals surface area contributed by atoms with Crippen LogP contribution in [0, 0.1) is 0 Å². The Morgan fingerprint density at radius 2 is 1.85 bits per heavy atom. The van der Waals surface area contributed by atoms with Crippen molar-refractivity contribution in [2.45, 2.75) is 50.2 Å². The molecule has 2 aliphatic heterocycles. The molecule has 0 aromatic heterocycles. The van der Waals surface area contributed by atoms with Crippen LogP contribution < -0.4 is 11.5 Å². The first kappa shape index (κ1) is 9.40. The van der Waals surface area contributed by atoms with Gasteiger partial charge >= 0.3 is 0 Å². The second-order valence-electron chi connectivity index (χ2n) is 4.06. The minimum absolute atomic E-state index is 0.0373. The summed E-state index contributed by atoms with van der Waals surface area (Å²) in [6.45, 7) is 2.71. The largest absolute Gasteiger partial charge is 0.330 e. The lowest BCUT2D eigenvalue weighted by atomic mass is 10.0. The van der Waals surface area contributed by atoms with E-state index < -0.39 is 5.79 Å². The van der Waals surface area contributed by atoms with Crippen molar-refractivity contribution in [3.8, 4) is 0 Å². The third-order valence-electron chi connectivity index (χ3n) is 2.95. The Morgan fingerprint density at radius 1 is 1.23 bits per heavy atom. The Labute approximate surface area is 78.6 Å². The molecule has 2 aliphatic rings. The Balaban J connectivity index is 1.61. The van der Waals surface area contributed by atoms with E-state index in [-0.39, 0.29) is 11.8 Å². The van der Waals surface area contributed by atoms with Gasteiger partial charge in [0, 0.05) is 0 Å². The molecular weight excluding hydrogens is 168 g/mol. The van der Waals surface area contributed by atoms with Crippen molar-refractivity contribution >= 4 is 0 Å². The lowest BCUT2D eigenvalue weighted by Gasteiger charge is -2.10. The van der Waals surface area contributed by atoms with Gasteiger partial charge < -0.3 is 20.9 Å². The third-order valence-corrected chi connectivity index (χ3v) is 2.95. The van der Waals surface area contributed by atoms with Crippen LogP contribution in [-0.2, 0) is 9.47 Å². The molecule has 0 amide bonds. The maximum atomic E-state index is 5.94. The third kappa shape index (κ3) is 1.38. The maximum Gasteiger partial charge on any atom is 0.244 e. The predicted octanol–water partition coefficient (Wildman–Crippen LogP) is 0.306. The standard InChI is InChI=1S/C9H18N2O2/c1-8-9(12-8,13-8)7(11)5-3-2-4-6-10/h7H,2-6,10-11H2,1H3. The fourth-order valence-electron chi connectivity index (χ4n) is 1.90. The van der Waals surface area contributed by atoms with Crippen molar-refractivity contribution in [1.82, 2.24) is 0 Å². The Morgan fingerprint density at radius 3 is 2.31 bits per heavy atom. The van der Waals surface area contributed by atoms with Crippen LogP contribution in [0.3, 0.4) is 0 Å². The van der Waals surface area contributed by atoms with Gasteiger partial charge in [-0.3, -0.25) is 0 Å². The molecule has 1 unspecified atom stereocenters. The van der Waals surface area contributed by atoms with Crippen LogP contribution in [0.15, 0.2) is 0 Å². The molecule has 0 spiro atoms. The van der Waals surface area contributed by atoms with Crippen molar-refractivity contribution in [2.75, 3.05) is 6.54 Å². The van der Waals surface area contributed by atoms with Crippen LogP contribution in [0.4, 0.5) is 0 Å². The number of hydrogen-bond acceptors (Lipinski definition) is 4. The second kappa shape index (κ2) is 2.92. The van der Waals surface area contributed by atoms with Crippen LogP contribution >= 0.6 is 0 Å². The van der Waals surface area contributed by atoms with Gasteiger partial charge in [-0.15, -0.1) is 0 Å². The molecule has 1 atom stereocenters. The minimum atomic E-state index is -0.393. The number of ether oxygens (including phenoxy) is 2. The Kier molecular flexibility index (Phi) is 2.11. The molecule has 0 bridgehead atoms. The molecule has 0 saturated carbocycles. The number of nitrogens with two attached hydrogens (primary N) is 2. The zero-order chi connectivity index (χ0) is 9.53. The van der Waals surface area contributed by atoms with E-state index >= 15 is 0 Å². The van der Waals surface area contributed by atoms with Crippen molar-refractivity contribution in [3.05, 3.63) is 0 Å². The summed E-state index contributed by atoms with van der Waals surface area (Å²) in [4.78, 5) is 0. The number of unbranched alkanes of at least 4 members (excludes halogenated alkanes) is 2. The average Bonchev–Trinajstić information content (AvgIpc) is 2.83. The van der Waals surface area contributed by atoms with Crippen molar-refractivity contribution in [3.63, 3.8) is 0 Å². The Hall–Kier alpha value is -0.160. The van der Waals surface area contributed by atoms with Crippen LogP contribution in [0.25, 0.3) is 0 Å². The molecule has 2 fully saturated rings. The Bertz CT molecular complexity index is 202. The molecule has 0 aromatic rings. The van der Waals surface area contributed by atoms with Crippen LogP contribution in [0.1, 0.15) is 32.6 Å².